The van der Waals surface area contributed by atoms with Gasteiger partial charge in [-0.2, -0.15) is 0 Å². The van der Waals surface area contributed by atoms with Crippen molar-refractivity contribution in [2.75, 3.05) is 39.3 Å². The third-order valence-electron chi connectivity index (χ3n) is 5.49. The van der Waals surface area contributed by atoms with Gasteiger partial charge in [-0.3, -0.25) is 4.79 Å². The van der Waals surface area contributed by atoms with Crippen LogP contribution in [-0.4, -0.2) is 50.2 Å². The van der Waals surface area contributed by atoms with Crippen LogP contribution in [0.3, 0.4) is 0 Å². The minimum absolute atomic E-state index is 0.0539. The van der Waals surface area contributed by atoms with E-state index in [2.05, 4.69) is 29.0 Å². The molecule has 2 aromatic carbocycles. The van der Waals surface area contributed by atoms with Crippen LogP contribution in [0.15, 0.2) is 53.7 Å². The summed E-state index contributed by atoms with van der Waals surface area (Å²) < 4.78 is 10.7. The van der Waals surface area contributed by atoms with E-state index >= 15 is 0 Å². The maximum Gasteiger partial charge on any atom is 0.251 e. The van der Waals surface area contributed by atoms with Gasteiger partial charge in [-0.05, 0) is 47.7 Å². The van der Waals surface area contributed by atoms with Crippen molar-refractivity contribution in [2.45, 2.75) is 31.2 Å². The number of carbonyl (C=O) groups excluding carboxylic acids is 1. The zero-order chi connectivity index (χ0) is 26.1. The lowest BCUT2D eigenvalue weighted by Gasteiger charge is -2.19. The normalized spacial score (nSPS) is 10.9. The molecule has 1 N–H and O–H groups in total. The summed E-state index contributed by atoms with van der Waals surface area (Å²) in [5, 5.41) is 3.94. The molecular weight excluding hydrogens is 496 g/mol. The number of rotatable bonds is 12. The molecule has 1 amide bonds. The van der Waals surface area contributed by atoms with Crippen LogP contribution in [0.1, 0.15) is 35.3 Å². The van der Waals surface area contributed by atoms with Crippen molar-refractivity contribution in [3.8, 4) is 11.5 Å². The Morgan fingerprint density at radius 1 is 1.03 bits per heavy atom. The first-order valence-corrected chi connectivity index (χ1v) is 13.1. The van der Waals surface area contributed by atoms with Gasteiger partial charge < -0.3 is 19.7 Å². The van der Waals surface area contributed by atoms with Crippen LogP contribution in [0.4, 0.5) is 5.82 Å². The van der Waals surface area contributed by atoms with E-state index in [0.717, 1.165) is 29.9 Å². The van der Waals surface area contributed by atoms with Gasteiger partial charge in [0.2, 0.25) is 0 Å². The van der Waals surface area contributed by atoms with Crippen molar-refractivity contribution >= 4 is 35.1 Å². The topological polar surface area (TPSA) is 76.6 Å². The summed E-state index contributed by atoms with van der Waals surface area (Å²) in [5.74, 6) is 3.21. The molecule has 3 aromatic rings. The molecule has 0 aliphatic heterocycles. The Labute approximate surface area is 222 Å². The number of ether oxygens (including phenoxy) is 2. The summed E-state index contributed by atoms with van der Waals surface area (Å²) in [6.07, 6.45) is 0.804. The molecule has 9 heteroatoms. The van der Waals surface area contributed by atoms with Gasteiger partial charge in [-0.1, -0.05) is 55.4 Å². The van der Waals surface area contributed by atoms with Gasteiger partial charge in [-0.15, -0.1) is 0 Å². The standard InChI is InChI=1S/C27H33ClN4O3S/c1-18(2)16-29-26(33)21-9-6-20(7-10-21)17-36-27-30-24(28)15-25(31-27)32(3)13-12-19-8-11-22(34-4)23(14-19)35-5/h6-11,14-15,18H,12-13,16-17H2,1-5H3,(H,29,33). The highest BCUT2D eigenvalue weighted by Crippen LogP contribution is 2.28. The highest BCUT2D eigenvalue weighted by atomic mass is 35.5. The molecule has 0 saturated carbocycles. The van der Waals surface area contributed by atoms with Crippen molar-refractivity contribution in [1.29, 1.82) is 0 Å². The third-order valence-corrected chi connectivity index (χ3v) is 6.60. The zero-order valence-electron chi connectivity index (χ0n) is 21.4. The van der Waals surface area contributed by atoms with E-state index < -0.39 is 0 Å². The number of anilines is 1. The fraction of sp³-hybridized carbons (Fsp3) is 0.370. The molecule has 0 spiro atoms. The number of nitrogens with one attached hydrogen (secondary N) is 1. The Morgan fingerprint density at radius 2 is 1.72 bits per heavy atom. The predicted octanol–water partition coefficient (Wildman–Crippen LogP) is 5.50. The van der Waals surface area contributed by atoms with E-state index in [1.165, 1.54) is 11.8 Å². The Kier molecular flexibility index (Phi) is 10.3. The van der Waals surface area contributed by atoms with Gasteiger partial charge in [0.25, 0.3) is 5.91 Å². The minimum atomic E-state index is -0.0539. The smallest absolute Gasteiger partial charge is 0.251 e. The van der Waals surface area contributed by atoms with Crippen LogP contribution >= 0.6 is 23.4 Å². The molecule has 0 saturated heterocycles. The van der Waals surface area contributed by atoms with Crippen LogP contribution in [0.2, 0.25) is 5.15 Å². The zero-order valence-corrected chi connectivity index (χ0v) is 22.9. The van der Waals surface area contributed by atoms with E-state index in [0.29, 0.717) is 45.6 Å². The molecule has 0 radical (unpaired) electrons. The first-order chi connectivity index (χ1) is 17.3. The van der Waals surface area contributed by atoms with Crippen LogP contribution in [0, 0.1) is 5.92 Å². The fourth-order valence-corrected chi connectivity index (χ4v) is 4.43. The molecule has 7 nitrogen and oxygen atoms in total. The second kappa shape index (κ2) is 13.4. The number of likely N-dealkylation sites (N-methyl/N-ethyl adjacent to an activating group) is 1. The van der Waals surface area contributed by atoms with E-state index in [4.69, 9.17) is 26.1 Å². The maximum atomic E-state index is 12.2. The van der Waals surface area contributed by atoms with E-state index in [1.54, 1.807) is 20.3 Å². The van der Waals surface area contributed by atoms with Gasteiger partial charge in [0.15, 0.2) is 16.7 Å². The van der Waals surface area contributed by atoms with Crippen molar-refractivity contribution < 1.29 is 14.3 Å². The average molecular weight is 529 g/mol. The Bertz CT molecular complexity index is 1160. The molecule has 0 bridgehead atoms. The largest absolute Gasteiger partial charge is 0.493 e. The highest BCUT2D eigenvalue weighted by Gasteiger charge is 2.11. The molecule has 192 valence electrons. The molecule has 1 aromatic heterocycles. The summed E-state index contributed by atoms with van der Waals surface area (Å²) in [6, 6.07) is 15.3. The van der Waals surface area contributed by atoms with Gasteiger partial charge in [0.1, 0.15) is 11.0 Å². The molecule has 0 unspecified atom stereocenters. The first-order valence-electron chi connectivity index (χ1n) is 11.8. The molecule has 3 rings (SSSR count). The second-order valence-corrected chi connectivity index (χ2v) is 10.1. The number of hydrogen-bond acceptors (Lipinski definition) is 7. The summed E-state index contributed by atoms with van der Waals surface area (Å²) in [7, 11) is 5.24. The Balaban J connectivity index is 1.58. The molecule has 0 fully saturated rings. The van der Waals surface area contributed by atoms with E-state index in [1.807, 2.05) is 49.5 Å². The summed E-state index contributed by atoms with van der Waals surface area (Å²) in [4.78, 5) is 23.3. The summed E-state index contributed by atoms with van der Waals surface area (Å²) in [5.41, 5.74) is 2.87. The van der Waals surface area contributed by atoms with Crippen LogP contribution in [0.5, 0.6) is 11.5 Å². The minimum Gasteiger partial charge on any atom is -0.493 e. The average Bonchev–Trinajstić information content (AvgIpc) is 2.88. The molecule has 0 aliphatic carbocycles. The Morgan fingerprint density at radius 3 is 2.39 bits per heavy atom. The summed E-state index contributed by atoms with van der Waals surface area (Å²) in [6.45, 7) is 5.54. The number of hydrogen-bond donors (Lipinski definition) is 1. The SMILES string of the molecule is COc1ccc(CCN(C)c2cc(Cl)nc(SCc3ccc(C(=O)NCC(C)C)cc3)n2)cc1OC. The van der Waals surface area contributed by atoms with Crippen molar-refractivity contribution in [3.05, 3.63) is 70.4 Å². The van der Waals surface area contributed by atoms with Gasteiger partial charge in [0.05, 0.1) is 14.2 Å². The Hall–Kier alpha value is -2.97. The molecule has 0 atom stereocenters. The number of halogens is 1. The third kappa shape index (κ3) is 8.03. The molecule has 36 heavy (non-hydrogen) atoms. The number of carbonyl (C=O) groups is 1. The summed E-state index contributed by atoms with van der Waals surface area (Å²) >= 11 is 7.81. The number of methoxy groups -OCH3 is 2. The van der Waals surface area contributed by atoms with E-state index in [9.17, 15) is 4.79 Å². The predicted molar refractivity (Wildman–Crippen MR) is 147 cm³/mol. The van der Waals surface area contributed by atoms with Gasteiger partial charge in [0, 0.05) is 37.5 Å². The lowest BCUT2D eigenvalue weighted by Crippen LogP contribution is -2.27. The van der Waals surface area contributed by atoms with E-state index in [-0.39, 0.29) is 5.91 Å². The number of thioether (sulfide) groups is 1. The van der Waals surface area contributed by atoms with Gasteiger partial charge in [-0.25, -0.2) is 9.97 Å². The van der Waals surface area contributed by atoms with Crippen molar-refractivity contribution in [1.82, 2.24) is 15.3 Å². The second-order valence-electron chi connectivity index (χ2n) is 8.78. The van der Waals surface area contributed by atoms with Crippen LogP contribution < -0.4 is 19.7 Å². The lowest BCUT2D eigenvalue weighted by molar-refractivity contribution is 0.0949. The monoisotopic (exact) mass is 528 g/mol. The fourth-order valence-electron chi connectivity index (χ4n) is 3.39. The maximum absolute atomic E-state index is 12.2. The van der Waals surface area contributed by atoms with Crippen LogP contribution in [-0.2, 0) is 12.2 Å². The molecule has 1 heterocycles. The van der Waals surface area contributed by atoms with Crippen LogP contribution in [0.25, 0.3) is 0 Å². The van der Waals surface area contributed by atoms with Gasteiger partial charge >= 0.3 is 0 Å². The number of aromatic nitrogens is 2. The number of benzene rings is 2. The number of nitrogens with zero attached hydrogens (tertiary/aromatic N) is 3. The quantitative estimate of drug-likeness (QED) is 0.189. The number of amides is 1. The molecular formula is C27H33ClN4O3S. The highest BCUT2D eigenvalue weighted by molar-refractivity contribution is 7.98. The first kappa shape index (κ1) is 27.6. The van der Waals surface area contributed by atoms with Crippen molar-refractivity contribution in [3.63, 3.8) is 0 Å². The van der Waals surface area contributed by atoms with Crippen molar-refractivity contribution in [2.24, 2.45) is 5.92 Å². The molecule has 0 aliphatic rings. The lowest BCUT2D eigenvalue weighted by atomic mass is 10.1.